The van der Waals surface area contributed by atoms with E-state index in [1.807, 2.05) is 6.07 Å². The zero-order valence-corrected chi connectivity index (χ0v) is 20.1. The van der Waals surface area contributed by atoms with Crippen molar-refractivity contribution in [2.45, 2.75) is 4.90 Å². The maximum Gasteiger partial charge on any atom is 0.264 e. The molecule has 4 rings (SSSR count). The smallest absolute Gasteiger partial charge is 0.264 e. The van der Waals surface area contributed by atoms with E-state index in [2.05, 4.69) is 4.90 Å². The van der Waals surface area contributed by atoms with Crippen molar-refractivity contribution >= 4 is 27.5 Å². The zero-order chi connectivity index (χ0) is 24.1. The molecule has 2 aliphatic rings. The van der Waals surface area contributed by atoms with Gasteiger partial charge in [-0.15, -0.1) is 0 Å². The van der Waals surface area contributed by atoms with E-state index in [0.717, 1.165) is 13.1 Å². The van der Waals surface area contributed by atoms with Crippen LogP contribution in [0.1, 0.15) is 10.4 Å². The van der Waals surface area contributed by atoms with Crippen LogP contribution in [0, 0.1) is 0 Å². The number of nitrogens with zero attached hydrogens (tertiary/aromatic N) is 4. The third-order valence-corrected chi connectivity index (χ3v) is 8.06. The second-order valence-corrected chi connectivity index (χ2v) is 10.4. The highest BCUT2D eigenvalue weighted by Crippen LogP contribution is 2.22. The Morgan fingerprint density at radius 1 is 0.853 bits per heavy atom. The summed E-state index contributed by atoms with van der Waals surface area (Å²) in [5.41, 5.74) is 0.984. The minimum absolute atomic E-state index is 0.0751. The van der Waals surface area contributed by atoms with Gasteiger partial charge in [-0.05, 0) is 36.4 Å². The molecular formula is C24H30N4O5S. The Labute approximate surface area is 200 Å². The molecule has 2 saturated heterocycles. The van der Waals surface area contributed by atoms with Crippen LogP contribution in [0.2, 0.25) is 0 Å². The highest BCUT2D eigenvalue weighted by Gasteiger charge is 2.27. The van der Waals surface area contributed by atoms with Crippen LogP contribution in [0.25, 0.3) is 0 Å². The first-order chi connectivity index (χ1) is 16.4. The van der Waals surface area contributed by atoms with Gasteiger partial charge in [0, 0.05) is 51.9 Å². The summed E-state index contributed by atoms with van der Waals surface area (Å²) in [5, 5.41) is 0. The number of sulfonamides is 1. The van der Waals surface area contributed by atoms with E-state index in [-0.39, 0.29) is 16.7 Å². The quantitative estimate of drug-likeness (QED) is 0.608. The van der Waals surface area contributed by atoms with Gasteiger partial charge >= 0.3 is 0 Å². The van der Waals surface area contributed by atoms with Crippen LogP contribution in [-0.4, -0.2) is 101 Å². The average molecular weight is 487 g/mol. The van der Waals surface area contributed by atoms with E-state index in [4.69, 9.17) is 4.74 Å². The number of rotatable bonds is 6. The van der Waals surface area contributed by atoms with Crippen molar-refractivity contribution in [1.29, 1.82) is 0 Å². The van der Waals surface area contributed by atoms with Crippen molar-refractivity contribution in [2.24, 2.45) is 0 Å². The molecule has 0 aromatic heterocycles. The van der Waals surface area contributed by atoms with Crippen molar-refractivity contribution in [3.8, 4) is 0 Å². The van der Waals surface area contributed by atoms with E-state index in [0.29, 0.717) is 57.2 Å². The van der Waals surface area contributed by atoms with Crippen LogP contribution >= 0.6 is 0 Å². The lowest BCUT2D eigenvalue weighted by molar-refractivity contribution is -0.134. The van der Waals surface area contributed by atoms with Crippen LogP contribution in [0.15, 0.2) is 59.5 Å². The zero-order valence-electron chi connectivity index (χ0n) is 19.3. The number of carbonyl (C=O) groups is 2. The molecule has 9 nitrogen and oxygen atoms in total. The summed E-state index contributed by atoms with van der Waals surface area (Å²) in [6.45, 7) is 5.08. The Kier molecular flexibility index (Phi) is 7.50. The number of hydrogen-bond acceptors (Lipinski definition) is 6. The molecule has 0 radical (unpaired) electrons. The molecule has 10 heteroatoms. The van der Waals surface area contributed by atoms with Crippen molar-refractivity contribution in [2.75, 3.05) is 70.4 Å². The Hall–Kier alpha value is -2.95. The topological polar surface area (TPSA) is 90.5 Å². The number of benzene rings is 2. The number of morpholine rings is 1. The summed E-state index contributed by atoms with van der Waals surface area (Å²) in [7, 11) is -2.23. The molecule has 0 N–H and O–H groups in total. The molecular weight excluding hydrogens is 456 g/mol. The van der Waals surface area contributed by atoms with Crippen molar-refractivity contribution in [1.82, 2.24) is 14.7 Å². The molecule has 182 valence electrons. The van der Waals surface area contributed by atoms with E-state index >= 15 is 0 Å². The lowest BCUT2D eigenvalue weighted by atomic mass is 10.2. The van der Waals surface area contributed by atoms with Gasteiger partial charge in [-0.2, -0.15) is 0 Å². The molecule has 2 aromatic carbocycles. The Morgan fingerprint density at radius 3 is 2.06 bits per heavy atom. The molecule has 0 unspecified atom stereocenters. The molecule has 2 aliphatic heterocycles. The van der Waals surface area contributed by atoms with Crippen molar-refractivity contribution in [3.05, 3.63) is 60.2 Å². The minimum atomic E-state index is -3.74. The molecule has 2 aromatic rings. The minimum Gasteiger partial charge on any atom is -0.379 e. The fraction of sp³-hybridized carbons (Fsp3) is 0.417. The van der Waals surface area contributed by atoms with Gasteiger partial charge in [-0.1, -0.05) is 18.2 Å². The normalized spacial score (nSPS) is 17.4. The fourth-order valence-electron chi connectivity index (χ4n) is 4.10. The van der Waals surface area contributed by atoms with Crippen LogP contribution in [0.4, 0.5) is 5.69 Å². The third kappa shape index (κ3) is 5.40. The SMILES string of the molecule is CN(c1ccccc1)S(=O)(=O)c1ccc(C(=O)N2CCN(C(=O)CN3CCOCC3)CC2)cc1. The summed E-state index contributed by atoms with van der Waals surface area (Å²) >= 11 is 0. The first-order valence-electron chi connectivity index (χ1n) is 11.4. The summed E-state index contributed by atoms with van der Waals surface area (Å²) in [6.07, 6.45) is 0. The number of ether oxygens (including phenoxy) is 1. The maximum absolute atomic E-state index is 12.9. The molecule has 0 aliphatic carbocycles. The number of piperazine rings is 1. The molecule has 2 amide bonds. The largest absolute Gasteiger partial charge is 0.379 e. The number of amides is 2. The standard InChI is InChI=1S/C24H30N4O5S/c1-25(21-5-3-2-4-6-21)34(31,32)22-9-7-20(8-10-22)24(30)28-13-11-27(12-14-28)23(29)19-26-15-17-33-18-16-26/h2-10H,11-19H2,1H3. The van der Waals surface area contributed by atoms with Gasteiger partial charge in [0.2, 0.25) is 5.91 Å². The number of carbonyl (C=O) groups excluding carboxylic acids is 2. The second kappa shape index (κ2) is 10.5. The van der Waals surface area contributed by atoms with Gasteiger partial charge in [-0.3, -0.25) is 18.8 Å². The van der Waals surface area contributed by atoms with Gasteiger partial charge < -0.3 is 14.5 Å². The predicted octanol–water partition coefficient (Wildman–Crippen LogP) is 1.13. The summed E-state index contributed by atoms with van der Waals surface area (Å²) in [6, 6.07) is 14.8. The van der Waals surface area contributed by atoms with Gasteiger partial charge in [0.15, 0.2) is 0 Å². The highest BCUT2D eigenvalue weighted by molar-refractivity contribution is 7.92. The summed E-state index contributed by atoms with van der Waals surface area (Å²) in [4.78, 5) is 31.2. The van der Waals surface area contributed by atoms with Gasteiger partial charge in [-0.25, -0.2) is 8.42 Å². The Morgan fingerprint density at radius 2 is 1.44 bits per heavy atom. The third-order valence-electron chi connectivity index (χ3n) is 6.26. The van der Waals surface area contributed by atoms with Crippen LogP contribution in [0.3, 0.4) is 0 Å². The molecule has 2 fully saturated rings. The van der Waals surface area contributed by atoms with Gasteiger partial charge in [0.25, 0.3) is 15.9 Å². The second-order valence-electron chi connectivity index (χ2n) is 8.39. The molecule has 0 bridgehead atoms. The van der Waals surface area contributed by atoms with E-state index in [9.17, 15) is 18.0 Å². The molecule has 0 atom stereocenters. The number of hydrogen-bond donors (Lipinski definition) is 0. The maximum atomic E-state index is 12.9. The predicted molar refractivity (Wildman–Crippen MR) is 128 cm³/mol. The van der Waals surface area contributed by atoms with Crippen LogP contribution in [-0.2, 0) is 19.6 Å². The average Bonchev–Trinajstić information content (AvgIpc) is 2.89. The van der Waals surface area contributed by atoms with Crippen molar-refractivity contribution < 1.29 is 22.7 Å². The number of anilines is 1. The molecule has 0 saturated carbocycles. The lowest BCUT2D eigenvalue weighted by Crippen LogP contribution is -2.53. The Bertz CT molecular complexity index is 1090. The first-order valence-corrected chi connectivity index (χ1v) is 12.8. The van der Waals surface area contributed by atoms with E-state index in [1.165, 1.54) is 23.5 Å². The lowest BCUT2D eigenvalue weighted by Gasteiger charge is -2.36. The Balaban J connectivity index is 1.34. The summed E-state index contributed by atoms with van der Waals surface area (Å²) in [5.74, 6) is -0.0910. The first kappa shape index (κ1) is 24.2. The summed E-state index contributed by atoms with van der Waals surface area (Å²) < 4.78 is 32.4. The molecule has 2 heterocycles. The van der Waals surface area contributed by atoms with E-state index < -0.39 is 10.0 Å². The van der Waals surface area contributed by atoms with Crippen LogP contribution < -0.4 is 4.31 Å². The molecule has 34 heavy (non-hydrogen) atoms. The monoisotopic (exact) mass is 486 g/mol. The van der Waals surface area contributed by atoms with E-state index in [1.54, 1.807) is 46.2 Å². The molecule has 0 spiro atoms. The van der Waals surface area contributed by atoms with Crippen molar-refractivity contribution in [3.63, 3.8) is 0 Å². The van der Waals surface area contributed by atoms with Gasteiger partial charge in [0.05, 0.1) is 30.3 Å². The van der Waals surface area contributed by atoms with Gasteiger partial charge in [0.1, 0.15) is 0 Å². The fourth-order valence-corrected chi connectivity index (χ4v) is 5.29. The highest BCUT2D eigenvalue weighted by atomic mass is 32.2. The number of para-hydroxylation sites is 1. The van der Waals surface area contributed by atoms with Crippen LogP contribution in [0.5, 0.6) is 0 Å².